The van der Waals surface area contributed by atoms with E-state index in [9.17, 15) is 4.79 Å². The van der Waals surface area contributed by atoms with Gasteiger partial charge >= 0.3 is 5.97 Å². The quantitative estimate of drug-likeness (QED) is 0.503. The number of ether oxygens (including phenoxy) is 2. The maximum atomic E-state index is 11.3. The van der Waals surface area contributed by atoms with Crippen molar-refractivity contribution < 1.29 is 14.3 Å². The molecule has 0 bridgehead atoms. The first-order valence-corrected chi connectivity index (χ1v) is 5.97. The summed E-state index contributed by atoms with van der Waals surface area (Å²) < 4.78 is 9.82. The third kappa shape index (κ3) is 5.78. The van der Waals surface area contributed by atoms with E-state index in [1.807, 2.05) is 0 Å². The van der Waals surface area contributed by atoms with Crippen LogP contribution in [-0.2, 0) is 14.3 Å². The highest BCUT2D eigenvalue weighted by Crippen LogP contribution is 2.27. The fraction of sp³-hybridized carbons (Fsp3) is 0.917. The molecule has 0 unspecified atom stereocenters. The van der Waals surface area contributed by atoms with Gasteiger partial charge in [-0.2, -0.15) is 0 Å². The van der Waals surface area contributed by atoms with Gasteiger partial charge in [0, 0.05) is 13.5 Å². The van der Waals surface area contributed by atoms with Crippen LogP contribution in [0, 0.1) is 5.92 Å². The van der Waals surface area contributed by atoms with E-state index in [-0.39, 0.29) is 5.97 Å². The molecule has 0 saturated heterocycles. The van der Waals surface area contributed by atoms with Gasteiger partial charge < -0.3 is 9.47 Å². The van der Waals surface area contributed by atoms with E-state index in [4.69, 9.17) is 9.47 Å². The summed E-state index contributed by atoms with van der Waals surface area (Å²) in [5.74, 6) is 0.686. The van der Waals surface area contributed by atoms with E-state index in [0.717, 1.165) is 12.3 Å². The first-order chi connectivity index (χ1) is 7.33. The monoisotopic (exact) mass is 214 g/mol. The summed E-state index contributed by atoms with van der Waals surface area (Å²) in [6.45, 7) is 0.884. The lowest BCUT2D eigenvalue weighted by Crippen LogP contribution is -2.13. The molecule has 1 fully saturated rings. The summed E-state index contributed by atoms with van der Waals surface area (Å²) >= 11 is 0. The van der Waals surface area contributed by atoms with Gasteiger partial charge in [0.2, 0.25) is 0 Å². The summed E-state index contributed by atoms with van der Waals surface area (Å²) in [6.07, 6.45) is 8.22. The number of carbonyl (C=O) groups is 1. The summed E-state index contributed by atoms with van der Waals surface area (Å²) in [5, 5.41) is 0. The number of carbonyl (C=O) groups excluding carboxylic acids is 1. The van der Waals surface area contributed by atoms with Gasteiger partial charge in [0.1, 0.15) is 6.61 Å². The van der Waals surface area contributed by atoms with Crippen molar-refractivity contribution in [3.63, 3.8) is 0 Å². The van der Waals surface area contributed by atoms with Gasteiger partial charge in [-0.25, -0.2) is 0 Å². The van der Waals surface area contributed by atoms with E-state index in [1.54, 1.807) is 7.11 Å². The lowest BCUT2D eigenvalue weighted by molar-refractivity contribution is -0.145. The molecule has 1 aliphatic rings. The minimum atomic E-state index is -0.0716. The fourth-order valence-corrected chi connectivity index (χ4v) is 2.11. The van der Waals surface area contributed by atoms with Crippen molar-refractivity contribution in [2.45, 2.75) is 44.9 Å². The molecule has 88 valence electrons. The van der Waals surface area contributed by atoms with E-state index in [2.05, 4.69) is 0 Å². The Labute approximate surface area is 92.1 Å². The second-order valence-electron chi connectivity index (χ2n) is 4.26. The molecule has 0 aromatic rings. The highest BCUT2D eigenvalue weighted by Gasteiger charge is 2.15. The second kappa shape index (κ2) is 7.69. The SMILES string of the molecule is COCCOC(=O)CCC1CCCCC1. The molecule has 1 saturated carbocycles. The highest BCUT2D eigenvalue weighted by molar-refractivity contribution is 5.69. The second-order valence-corrected chi connectivity index (χ2v) is 4.26. The van der Waals surface area contributed by atoms with Crippen LogP contribution in [0.25, 0.3) is 0 Å². The molecule has 0 aromatic carbocycles. The Morgan fingerprint density at radius 3 is 2.60 bits per heavy atom. The third-order valence-electron chi connectivity index (χ3n) is 3.03. The topological polar surface area (TPSA) is 35.5 Å². The number of hydrogen-bond acceptors (Lipinski definition) is 3. The molecule has 0 N–H and O–H groups in total. The van der Waals surface area contributed by atoms with Crippen LogP contribution in [0.15, 0.2) is 0 Å². The summed E-state index contributed by atoms with van der Waals surface area (Å²) in [6, 6.07) is 0. The van der Waals surface area contributed by atoms with Gasteiger partial charge in [0.25, 0.3) is 0 Å². The molecule has 0 amide bonds. The van der Waals surface area contributed by atoms with Crippen LogP contribution < -0.4 is 0 Å². The van der Waals surface area contributed by atoms with Crippen LogP contribution in [0.3, 0.4) is 0 Å². The number of rotatable bonds is 6. The maximum Gasteiger partial charge on any atom is 0.305 e. The third-order valence-corrected chi connectivity index (χ3v) is 3.03. The molecular weight excluding hydrogens is 192 g/mol. The standard InChI is InChI=1S/C12H22O3/c1-14-9-10-15-12(13)8-7-11-5-3-2-4-6-11/h11H,2-10H2,1H3. The van der Waals surface area contributed by atoms with Crippen LogP contribution >= 0.6 is 0 Å². The van der Waals surface area contributed by atoms with Crippen molar-refractivity contribution in [2.75, 3.05) is 20.3 Å². The van der Waals surface area contributed by atoms with Crippen LogP contribution in [-0.4, -0.2) is 26.3 Å². The van der Waals surface area contributed by atoms with Gasteiger partial charge in [-0.05, 0) is 12.3 Å². The molecular formula is C12H22O3. The average Bonchev–Trinajstić information content (AvgIpc) is 2.28. The maximum absolute atomic E-state index is 11.3. The predicted molar refractivity (Wildman–Crippen MR) is 58.6 cm³/mol. The molecule has 1 aliphatic carbocycles. The van der Waals surface area contributed by atoms with Gasteiger partial charge in [-0.3, -0.25) is 4.79 Å². The molecule has 0 spiro atoms. The zero-order chi connectivity index (χ0) is 10.9. The van der Waals surface area contributed by atoms with Gasteiger partial charge in [0.15, 0.2) is 0 Å². The largest absolute Gasteiger partial charge is 0.463 e. The van der Waals surface area contributed by atoms with Crippen LogP contribution in [0.4, 0.5) is 0 Å². The Kier molecular flexibility index (Phi) is 6.41. The fourth-order valence-electron chi connectivity index (χ4n) is 2.11. The molecule has 0 aromatic heterocycles. The zero-order valence-electron chi connectivity index (χ0n) is 9.67. The Morgan fingerprint density at radius 2 is 1.93 bits per heavy atom. The van der Waals surface area contributed by atoms with Crippen LogP contribution in [0.2, 0.25) is 0 Å². The Bertz CT molecular complexity index is 174. The van der Waals surface area contributed by atoms with Crippen molar-refractivity contribution in [3.05, 3.63) is 0 Å². The summed E-state index contributed by atoms with van der Waals surface area (Å²) in [5.41, 5.74) is 0. The molecule has 0 heterocycles. The smallest absolute Gasteiger partial charge is 0.305 e. The van der Waals surface area contributed by atoms with E-state index < -0.39 is 0 Å². The van der Waals surface area contributed by atoms with Crippen molar-refractivity contribution in [3.8, 4) is 0 Å². The van der Waals surface area contributed by atoms with Crippen molar-refractivity contribution in [1.82, 2.24) is 0 Å². The number of hydrogen-bond donors (Lipinski definition) is 0. The Balaban J connectivity index is 2.00. The Hall–Kier alpha value is -0.570. The molecule has 1 rings (SSSR count). The van der Waals surface area contributed by atoms with E-state index >= 15 is 0 Å². The van der Waals surface area contributed by atoms with Gasteiger partial charge in [0.05, 0.1) is 6.61 Å². The molecule has 3 nitrogen and oxygen atoms in total. The first-order valence-electron chi connectivity index (χ1n) is 5.97. The summed E-state index contributed by atoms with van der Waals surface area (Å²) in [4.78, 5) is 11.3. The van der Waals surface area contributed by atoms with E-state index in [0.29, 0.717) is 19.6 Å². The highest BCUT2D eigenvalue weighted by atomic mass is 16.6. The van der Waals surface area contributed by atoms with Gasteiger partial charge in [-0.1, -0.05) is 32.1 Å². The lowest BCUT2D eigenvalue weighted by atomic mass is 9.86. The average molecular weight is 214 g/mol. The molecule has 3 heteroatoms. The zero-order valence-corrected chi connectivity index (χ0v) is 9.67. The molecule has 0 radical (unpaired) electrons. The van der Waals surface area contributed by atoms with Crippen molar-refractivity contribution >= 4 is 5.97 Å². The minimum Gasteiger partial charge on any atom is -0.463 e. The Morgan fingerprint density at radius 1 is 1.20 bits per heavy atom. The number of methoxy groups -OCH3 is 1. The first kappa shape index (κ1) is 12.5. The van der Waals surface area contributed by atoms with Crippen LogP contribution in [0.5, 0.6) is 0 Å². The van der Waals surface area contributed by atoms with Gasteiger partial charge in [-0.15, -0.1) is 0 Å². The minimum absolute atomic E-state index is 0.0716. The molecule has 0 atom stereocenters. The van der Waals surface area contributed by atoms with Crippen molar-refractivity contribution in [2.24, 2.45) is 5.92 Å². The normalized spacial score (nSPS) is 17.7. The molecule has 15 heavy (non-hydrogen) atoms. The molecule has 0 aliphatic heterocycles. The van der Waals surface area contributed by atoms with Crippen molar-refractivity contribution in [1.29, 1.82) is 0 Å². The van der Waals surface area contributed by atoms with E-state index in [1.165, 1.54) is 32.1 Å². The number of esters is 1. The summed E-state index contributed by atoms with van der Waals surface area (Å²) in [7, 11) is 1.61. The lowest BCUT2D eigenvalue weighted by Gasteiger charge is -2.20. The van der Waals surface area contributed by atoms with Crippen LogP contribution in [0.1, 0.15) is 44.9 Å². The predicted octanol–water partition coefficient (Wildman–Crippen LogP) is 2.54.